The number of imidazole rings is 1. The number of nitrogens with one attached hydrogen (secondary N) is 1. The Labute approximate surface area is 186 Å². The van der Waals surface area contributed by atoms with Gasteiger partial charge in [-0.2, -0.15) is 4.31 Å². The largest absolute Gasteiger partial charge is 0.390 e. The number of aliphatic hydroxyl groups excluding tert-OH is 1. The van der Waals surface area contributed by atoms with Crippen LogP contribution in [0.25, 0.3) is 22.3 Å². The van der Waals surface area contributed by atoms with E-state index >= 15 is 0 Å². The molecule has 1 aromatic carbocycles. The predicted molar refractivity (Wildman–Crippen MR) is 120 cm³/mol. The van der Waals surface area contributed by atoms with Gasteiger partial charge in [0.05, 0.1) is 42.0 Å². The molecule has 2 atom stereocenters. The van der Waals surface area contributed by atoms with Gasteiger partial charge >= 0.3 is 0 Å². The zero-order valence-corrected chi connectivity index (χ0v) is 19.3. The average Bonchev–Trinajstić information content (AvgIpc) is 3.14. The number of anilines is 1. The zero-order valence-electron chi connectivity index (χ0n) is 18.4. The lowest BCUT2D eigenvalue weighted by atomic mass is 10.0. The second-order valence-electron chi connectivity index (χ2n) is 9.11. The van der Waals surface area contributed by atoms with Crippen molar-refractivity contribution in [1.29, 1.82) is 0 Å². The highest BCUT2D eigenvalue weighted by Gasteiger charge is 2.32. The van der Waals surface area contributed by atoms with E-state index in [2.05, 4.69) is 41.0 Å². The van der Waals surface area contributed by atoms with Crippen LogP contribution in [0.1, 0.15) is 27.2 Å². The van der Waals surface area contributed by atoms with Crippen molar-refractivity contribution in [2.75, 3.05) is 24.7 Å². The molecule has 3 aromatic rings. The first-order valence-corrected chi connectivity index (χ1v) is 12.2. The molecule has 0 aliphatic carbocycles. The van der Waals surface area contributed by atoms with Crippen molar-refractivity contribution in [1.82, 2.24) is 23.8 Å². The second kappa shape index (κ2) is 8.05. The maximum atomic E-state index is 14.7. The Bertz CT molecular complexity index is 1250. The summed E-state index contributed by atoms with van der Waals surface area (Å²) in [5.41, 5.74) is 2.19. The Kier molecular flexibility index (Phi) is 5.68. The molecule has 0 saturated carbocycles. The number of fused-ring (bicyclic) bond motifs is 1. The van der Waals surface area contributed by atoms with E-state index in [-0.39, 0.29) is 30.3 Å². The molecule has 1 aliphatic rings. The molecule has 0 unspecified atom stereocenters. The van der Waals surface area contributed by atoms with Gasteiger partial charge in [-0.3, -0.25) is 0 Å². The molecule has 2 N–H and O–H groups in total. The van der Waals surface area contributed by atoms with E-state index in [9.17, 15) is 17.9 Å². The van der Waals surface area contributed by atoms with Gasteiger partial charge in [-0.15, -0.1) is 0 Å². The Morgan fingerprint density at radius 1 is 1.25 bits per heavy atom. The molecule has 172 valence electrons. The van der Waals surface area contributed by atoms with Crippen molar-refractivity contribution in [3.8, 4) is 11.3 Å². The fourth-order valence-electron chi connectivity index (χ4n) is 3.87. The van der Waals surface area contributed by atoms with Gasteiger partial charge in [0.1, 0.15) is 5.69 Å². The molecule has 1 fully saturated rings. The van der Waals surface area contributed by atoms with E-state index in [1.807, 2.05) is 16.7 Å². The number of benzene rings is 1. The molecule has 2 aromatic heterocycles. The Morgan fingerprint density at radius 2 is 2.00 bits per heavy atom. The van der Waals surface area contributed by atoms with Crippen molar-refractivity contribution in [3.63, 3.8) is 0 Å². The Hall–Kier alpha value is -2.63. The molecule has 0 amide bonds. The van der Waals surface area contributed by atoms with Gasteiger partial charge in [-0.05, 0) is 39.3 Å². The standard InChI is InChI=1S/C21H27FN6O3S/c1-21(2,3)28-12-24-15-6-5-13(9-17(15)28)19-14(22)10-23-20(26-19)25-16-7-8-27(11-18(16)29)32(4,30)31/h5-6,9-10,12,16,18,29H,7-8,11H2,1-4H3,(H,23,25,26)/t16-,18-/m1/s1. The Morgan fingerprint density at radius 3 is 2.66 bits per heavy atom. The lowest BCUT2D eigenvalue weighted by Gasteiger charge is -2.34. The summed E-state index contributed by atoms with van der Waals surface area (Å²) in [5.74, 6) is -0.396. The summed E-state index contributed by atoms with van der Waals surface area (Å²) in [4.78, 5) is 12.8. The molecule has 32 heavy (non-hydrogen) atoms. The number of aromatic nitrogens is 4. The smallest absolute Gasteiger partial charge is 0.223 e. The van der Waals surface area contributed by atoms with Gasteiger partial charge in [0, 0.05) is 24.2 Å². The van der Waals surface area contributed by atoms with Crippen LogP contribution in [0.5, 0.6) is 0 Å². The van der Waals surface area contributed by atoms with Gasteiger partial charge in [0.2, 0.25) is 16.0 Å². The van der Waals surface area contributed by atoms with E-state index in [0.29, 0.717) is 12.0 Å². The van der Waals surface area contributed by atoms with Gasteiger partial charge in [0.15, 0.2) is 5.82 Å². The highest BCUT2D eigenvalue weighted by molar-refractivity contribution is 7.88. The summed E-state index contributed by atoms with van der Waals surface area (Å²) < 4.78 is 41.4. The van der Waals surface area contributed by atoms with Crippen LogP contribution in [-0.4, -0.2) is 68.8 Å². The molecule has 1 aliphatic heterocycles. The molecule has 1 saturated heterocycles. The number of hydrogen-bond donors (Lipinski definition) is 2. The van der Waals surface area contributed by atoms with Crippen LogP contribution in [0.2, 0.25) is 0 Å². The molecule has 0 bridgehead atoms. The van der Waals surface area contributed by atoms with Crippen molar-refractivity contribution in [2.24, 2.45) is 0 Å². The van der Waals surface area contributed by atoms with Crippen LogP contribution in [0.3, 0.4) is 0 Å². The quantitative estimate of drug-likeness (QED) is 0.611. The van der Waals surface area contributed by atoms with E-state index in [4.69, 9.17) is 0 Å². The number of nitrogens with zero attached hydrogens (tertiary/aromatic N) is 5. The number of piperidine rings is 1. The van der Waals surface area contributed by atoms with Crippen LogP contribution in [0.4, 0.5) is 10.3 Å². The number of β-amino-alcohol motifs (C(OH)–C–C–N with tert-alkyl or cyclic N) is 1. The van der Waals surface area contributed by atoms with Gasteiger partial charge in [0.25, 0.3) is 0 Å². The van der Waals surface area contributed by atoms with Crippen LogP contribution in [0.15, 0.2) is 30.7 Å². The van der Waals surface area contributed by atoms with Gasteiger partial charge < -0.3 is 15.0 Å². The van der Waals surface area contributed by atoms with Crippen LogP contribution in [0, 0.1) is 5.82 Å². The van der Waals surface area contributed by atoms with Crippen molar-refractivity contribution < 1.29 is 17.9 Å². The molecular weight excluding hydrogens is 435 g/mol. The predicted octanol–water partition coefficient (Wildman–Crippen LogP) is 2.19. The average molecular weight is 463 g/mol. The third-order valence-electron chi connectivity index (χ3n) is 5.62. The normalized spacial score (nSPS) is 20.6. The lowest BCUT2D eigenvalue weighted by Crippen LogP contribution is -2.51. The fraction of sp³-hybridized carbons (Fsp3) is 0.476. The summed E-state index contributed by atoms with van der Waals surface area (Å²) in [5, 5.41) is 13.4. The number of halogens is 1. The SMILES string of the molecule is CC(C)(C)n1cnc2ccc(-c3nc(N[C@@H]4CCN(S(C)(=O)=O)C[C@H]4O)ncc3F)cc21. The first-order chi connectivity index (χ1) is 14.9. The van der Waals surface area contributed by atoms with Crippen LogP contribution in [-0.2, 0) is 15.6 Å². The second-order valence-corrected chi connectivity index (χ2v) is 11.1. The minimum atomic E-state index is -3.37. The fourth-order valence-corrected chi connectivity index (χ4v) is 4.73. The zero-order chi connectivity index (χ0) is 23.3. The molecular formula is C21H27FN6O3S. The number of aliphatic hydroxyl groups is 1. The molecule has 11 heteroatoms. The van der Waals surface area contributed by atoms with E-state index in [1.54, 1.807) is 12.4 Å². The maximum Gasteiger partial charge on any atom is 0.223 e. The highest BCUT2D eigenvalue weighted by atomic mass is 32.2. The van der Waals surface area contributed by atoms with Crippen LogP contribution >= 0.6 is 0 Å². The van der Waals surface area contributed by atoms with E-state index in [0.717, 1.165) is 23.5 Å². The number of rotatable bonds is 4. The topological polar surface area (TPSA) is 113 Å². The third kappa shape index (κ3) is 4.45. The summed E-state index contributed by atoms with van der Waals surface area (Å²) in [6.07, 6.45) is 3.41. The first kappa shape index (κ1) is 22.6. The summed E-state index contributed by atoms with van der Waals surface area (Å²) in [6.45, 7) is 6.45. The first-order valence-electron chi connectivity index (χ1n) is 10.3. The number of hydrogen-bond acceptors (Lipinski definition) is 7. The maximum absolute atomic E-state index is 14.7. The number of sulfonamides is 1. The van der Waals surface area contributed by atoms with E-state index < -0.39 is 28.0 Å². The molecule has 9 nitrogen and oxygen atoms in total. The monoisotopic (exact) mass is 462 g/mol. The van der Waals surface area contributed by atoms with Gasteiger partial charge in [-0.1, -0.05) is 6.07 Å². The highest BCUT2D eigenvalue weighted by Crippen LogP contribution is 2.28. The van der Waals surface area contributed by atoms with E-state index in [1.165, 1.54) is 4.31 Å². The van der Waals surface area contributed by atoms with Crippen LogP contribution < -0.4 is 5.32 Å². The minimum Gasteiger partial charge on any atom is -0.390 e. The lowest BCUT2D eigenvalue weighted by molar-refractivity contribution is 0.0950. The Balaban J connectivity index is 1.61. The van der Waals surface area contributed by atoms with Gasteiger partial charge in [-0.25, -0.2) is 27.8 Å². The summed E-state index contributed by atoms with van der Waals surface area (Å²) in [7, 11) is -3.37. The summed E-state index contributed by atoms with van der Waals surface area (Å²) >= 11 is 0. The minimum absolute atomic E-state index is 0.0159. The molecule has 0 radical (unpaired) electrons. The molecule has 4 rings (SSSR count). The van der Waals surface area contributed by atoms with Crippen molar-refractivity contribution in [3.05, 3.63) is 36.5 Å². The third-order valence-corrected chi connectivity index (χ3v) is 6.89. The van der Waals surface area contributed by atoms with Crippen molar-refractivity contribution in [2.45, 2.75) is 44.9 Å². The molecule has 3 heterocycles. The van der Waals surface area contributed by atoms with Crippen molar-refractivity contribution >= 4 is 27.0 Å². The molecule has 0 spiro atoms. The summed E-state index contributed by atoms with van der Waals surface area (Å²) in [6, 6.07) is 4.99.